The molecular weight excluding hydrogens is 394 g/mol. The van der Waals surface area contributed by atoms with E-state index in [1.54, 1.807) is 19.2 Å². The minimum atomic E-state index is -1.21. The molecule has 1 heterocycles. The summed E-state index contributed by atoms with van der Waals surface area (Å²) in [5, 5.41) is 23.6. The van der Waals surface area contributed by atoms with Gasteiger partial charge in [0.2, 0.25) is 0 Å². The number of tetrazole rings is 1. The highest BCUT2D eigenvalue weighted by molar-refractivity contribution is 6.34. The molecule has 3 rings (SSSR count). The normalized spacial score (nSPS) is 11.3. The van der Waals surface area contributed by atoms with Crippen LogP contribution in [-0.4, -0.2) is 37.2 Å². The summed E-state index contributed by atoms with van der Waals surface area (Å²) >= 11 is 6.32. The summed E-state index contributed by atoms with van der Waals surface area (Å²) in [5.41, 5.74) is 1.78. The SMILES string of the molecule is Cn1nnnc1-c1cc(C(=O)O)c(NC(=O)c2ccc(C(C)(C)C)cc2)cc1Cl. The smallest absolute Gasteiger partial charge is 0.337 e. The van der Waals surface area contributed by atoms with E-state index in [4.69, 9.17) is 11.6 Å². The lowest BCUT2D eigenvalue weighted by Gasteiger charge is -2.19. The molecule has 0 fully saturated rings. The molecule has 1 aromatic heterocycles. The molecule has 0 radical (unpaired) electrons. The van der Waals surface area contributed by atoms with Crippen molar-refractivity contribution in [1.29, 1.82) is 0 Å². The van der Waals surface area contributed by atoms with Gasteiger partial charge in [0.15, 0.2) is 5.82 Å². The zero-order valence-electron chi connectivity index (χ0n) is 16.4. The number of aromatic carboxylic acids is 1. The first-order valence-electron chi connectivity index (χ1n) is 8.79. The first kappa shape index (κ1) is 20.5. The number of carbonyl (C=O) groups is 2. The van der Waals surface area contributed by atoms with Crippen LogP contribution in [0.25, 0.3) is 11.4 Å². The number of hydrogen-bond donors (Lipinski definition) is 2. The van der Waals surface area contributed by atoms with E-state index in [-0.39, 0.29) is 21.7 Å². The quantitative estimate of drug-likeness (QED) is 0.673. The summed E-state index contributed by atoms with van der Waals surface area (Å²) in [5.74, 6) is -1.33. The number of aryl methyl sites for hydroxylation is 1. The van der Waals surface area contributed by atoms with E-state index in [1.807, 2.05) is 12.1 Å². The highest BCUT2D eigenvalue weighted by Gasteiger charge is 2.20. The Hall–Kier alpha value is -3.26. The molecule has 8 nitrogen and oxygen atoms in total. The van der Waals surface area contributed by atoms with Gasteiger partial charge in [-0.3, -0.25) is 4.79 Å². The average molecular weight is 414 g/mol. The molecular formula is C20H20ClN5O3. The summed E-state index contributed by atoms with van der Waals surface area (Å²) in [6.45, 7) is 6.24. The van der Waals surface area contributed by atoms with Gasteiger partial charge in [-0.1, -0.05) is 44.5 Å². The number of aromatic nitrogens is 4. The third kappa shape index (κ3) is 4.27. The molecule has 0 aliphatic heterocycles. The van der Waals surface area contributed by atoms with Crippen LogP contribution >= 0.6 is 11.6 Å². The van der Waals surface area contributed by atoms with Gasteiger partial charge in [0.1, 0.15) is 0 Å². The van der Waals surface area contributed by atoms with Gasteiger partial charge in [-0.05, 0) is 45.7 Å². The van der Waals surface area contributed by atoms with Crippen molar-refractivity contribution in [3.8, 4) is 11.4 Å². The molecule has 0 spiro atoms. The number of amides is 1. The van der Waals surface area contributed by atoms with Gasteiger partial charge in [-0.15, -0.1) is 5.10 Å². The first-order chi connectivity index (χ1) is 13.6. The molecule has 9 heteroatoms. The van der Waals surface area contributed by atoms with E-state index in [0.29, 0.717) is 17.0 Å². The molecule has 0 bridgehead atoms. The third-order valence-electron chi connectivity index (χ3n) is 4.46. The minimum absolute atomic E-state index is 0.0382. The van der Waals surface area contributed by atoms with E-state index in [2.05, 4.69) is 41.6 Å². The van der Waals surface area contributed by atoms with Crippen LogP contribution in [-0.2, 0) is 12.5 Å². The predicted molar refractivity (Wildman–Crippen MR) is 109 cm³/mol. The molecule has 150 valence electrons. The highest BCUT2D eigenvalue weighted by atomic mass is 35.5. The lowest BCUT2D eigenvalue weighted by atomic mass is 9.86. The van der Waals surface area contributed by atoms with Gasteiger partial charge in [-0.25, -0.2) is 9.48 Å². The molecule has 0 saturated carbocycles. The largest absolute Gasteiger partial charge is 0.478 e. The number of halogens is 1. The summed E-state index contributed by atoms with van der Waals surface area (Å²) in [6, 6.07) is 9.90. The average Bonchev–Trinajstić information content (AvgIpc) is 3.06. The van der Waals surface area contributed by atoms with Crippen LogP contribution in [0.2, 0.25) is 5.02 Å². The standard InChI is InChI=1S/C20H20ClN5O3/c1-20(2,3)12-7-5-11(6-8-12)18(27)22-16-10-15(21)13(9-14(16)19(28)29)17-23-24-25-26(17)4/h5-10H,1-4H3,(H,22,27)(H,28,29). The van der Waals surface area contributed by atoms with Crippen molar-refractivity contribution < 1.29 is 14.7 Å². The second-order valence-corrected chi connectivity index (χ2v) is 8.00. The summed E-state index contributed by atoms with van der Waals surface area (Å²) in [7, 11) is 1.61. The lowest BCUT2D eigenvalue weighted by molar-refractivity contribution is 0.0698. The summed E-state index contributed by atoms with van der Waals surface area (Å²) in [4.78, 5) is 24.4. The number of anilines is 1. The number of nitrogens with zero attached hydrogens (tertiary/aromatic N) is 4. The monoisotopic (exact) mass is 413 g/mol. The zero-order valence-corrected chi connectivity index (χ0v) is 17.2. The first-order valence-corrected chi connectivity index (χ1v) is 9.17. The zero-order chi connectivity index (χ0) is 21.3. The van der Waals surface area contributed by atoms with Crippen molar-refractivity contribution >= 4 is 29.2 Å². The fraction of sp³-hybridized carbons (Fsp3) is 0.250. The Morgan fingerprint density at radius 1 is 1.14 bits per heavy atom. The number of carbonyl (C=O) groups excluding carboxylic acids is 1. The second kappa shape index (κ2) is 7.63. The highest BCUT2D eigenvalue weighted by Crippen LogP contribution is 2.32. The van der Waals surface area contributed by atoms with Crippen molar-refractivity contribution in [2.45, 2.75) is 26.2 Å². The topological polar surface area (TPSA) is 110 Å². The van der Waals surface area contributed by atoms with Crippen molar-refractivity contribution in [3.05, 3.63) is 58.1 Å². The molecule has 0 aliphatic carbocycles. The Balaban J connectivity index is 1.94. The van der Waals surface area contributed by atoms with Crippen LogP contribution in [0.5, 0.6) is 0 Å². The molecule has 0 saturated heterocycles. The van der Waals surface area contributed by atoms with Crippen LogP contribution in [0.3, 0.4) is 0 Å². The maximum atomic E-state index is 12.6. The molecule has 2 N–H and O–H groups in total. The van der Waals surface area contributed by atoms with Crippen molar-refractivity contribution in [2.24, 2.45) is 7.05 Å². The van der Waals surface area contributed by atoms with Crippen LogP contribution < -0.4 is 5.32 Å². The Morgan fingerprint density at radius 3 is 2.31 bits per heavy atom. The lowest BCUT2D eigenvalue weighted by Crippen LogP contribution is -2.16. The number of carboxylic acid groups (broad SMARTS) is 1. The molecule has 3 aromatic rings. The Morgan fingerprint density at radius 2 is 1.79 bits per heavy atom. The van der Waals surface area contributed by atoms with Gasteiger partial charge >= 0.3 is 5.97 Å². The Bertz CT molecular complexity index is 1080. The number of nitrogens with one attached hydrogen (secondary N) is 1. The molecule has 0 aliphatic rings. The predicted octanol–water partition coefficient (Wildman–Crippen LogP) is 3.78. The van der Waals surface area contributed by atoms with E-state index in [9.17, 15) is 14.7 Å². The number of hydrogen-bond acceptors (Lipinski definition) is 5. The van der Waals surface area contributed by atoms with Crippen LogP contribution in [0.4, 0.5) is 5.69 Å². The minimum Gasteiger partial charge on any atom is -0.478 e. The number of rotatable bonds is 4. The van der Waals surface area contributed by atoms with Crippen LogP contribution in [0.15, 0.2) is 36.4 Å². The fourth-order valence-corrected chi connectivity index (χ4v) is 3.05. The van der Waals surface area contributed by atoms with E-state index in [0.717, 1.165) is 5.56 Å². The Labute approximate surface area is 172 Å². The molecule has 1 amide bonds. The maximum absolute atomic E-state index is 12.6. The van der Waals surface area contributed by atoms with Gasteiger partial charge in [0.05, 0.1) is 16.3 Å². The van der Waals surface area contributed by atoms with Crippen molar-refractivity contribution in [2.75, 3.05) is 5.32 Å². The van der Waals surface area contributed by atoms with Crippen LogP contribution in [0, 0.1) is 0 Å². The third-order valence-corrected chi connectivity index (χ3v) is 4.77. The van der Waals surface area contributed by atoms with Gasteiger partial charge < -0.3 is 10.4 Å². The van der Waals surface area contributed by atoms with Crippen molar-refractivity contribution in [3.63, 3.8) is 0 Å². The Kier molecular flexibility index (Phi) is 5.39. The summed E-state index contributed by atoms with van der Waals surface area (Å²) < 4.78 is 1.38. The molecule has 0 atom stereocenters. The van der Waals surface area contributed by atoms with Gasteiger partial charge in [0, 0.05) is 18.2 Å². The molecule has 2 aromatic carbocycles. The van der Waals surface area contributed by atoms with Gasteiger partial charge in [-0.2, -0.15) is 0 Å². The molecule has 29 heavy (non-hydrogen) atoms. The second-order valence-electron chi connectivity index (χ2n) is 7.59. The van der Waals surface area contributed by atoms with Crippen molar-refractivity contribution in [1.82, 2.24) is 20.2 Å². The number of benzene rings is 2. The fourth-order valence-electron chi connectivity index (χ4n) is 2.80. The van der Waals surface area contributed by atoms with E-state index < -0.39 is 11.9 Å². The van der Waals surface area contributed by atoms with E-state index in [1.165, 1.54) is 16.8 Å². The van der Waals surface area contributed by atoms with Crippen LogP contribution in [0.1, 0.15) is 47.1 Å². The molecule has 0 unspecified atom stereocenters. The van der Waals surface area contributed by atoms with Gasteiger partial charge in [0.25, 0.3) is 5.91 Å². The maximum Gasteiger partial charge on any atom is 0.337 e. The summed E-state index contributed by atoms with van der Waals surface area (Å²) in [6.07, 6.45) is 0. The number of carboxylic acids is 1. The van der Waals surface area contributed by atoms with E-state index >= 15 is 0 Å².